The lowest BCUT2D eigenvalue weighted by Gasteiger charge is -2.01. The van der Waals surface area contributed by atoms with Crippen molar-refractivity contribution in [2.24, 2.45) is 0 Å². The van der Waals surface area contributed by atoms with Gasteiger partial charge in [0.2, 0.25) is 5.88 Å². The number of furan rings is 1. The van der Waals surface area contributed by atoms with E-state index in [0.717, 1.165) is 5.76 Å². The number of hydrogen-bond donors (Lipinski definition) is 1. The summed E-state index contributed by atoms with van der Waals surface area (Å²) in [5, 5.41) is 0. The molecule has 14 heavy (non-hydrogen) atoms. The lowest BCUT2D eigenvalue weighted by molar-refractivity contribution is 0.259. The van der Waals surface area contributed by atoms with E-state index in [0.29, 0.717) is 18.3 Å². The number of rotatable bonds is 3. The number of anilines is 1. The molecule has 5 heteroatoms. The standard InChI is InChI=1S/C9H9N3O2/c10-8-4-12-9(5-11-8)14-6-7-2-1-3-13-7/h1-5H,6H2,(H2,10,11). The molecule has 72 valence electrons. The molecule has 0 aliphatic rings. The summed E-state index contributed by atoms with van der Waals surface area (Å²) in [5.41, 5.74) is 5.37. The first-order chi connectivity index (χ1) is 6.84. The van der Waals surface area contributed by atoms with E-state index >= 15 is 0 Å². The van der Waals surface area contributed by atoms with Gasteiger partial charge in [-0.3, -0.25) is 0 Å². The molecule has 2 aromatic rings. The van der Waals surface area contributed by atoms with E-state index in [4.69, 9.17) is 14.9 Å². The van der Waals surface area contributed by atoms with E-state index in [2.05, 4.69) is 9.97 Å². The monoisotopic (exact) mass is 191 g/mol. The fourth-order valence-electron chi connectivity index (χ4n) is 0.940. The summed E-state index contributed by atoms with van der Waals surface area (Å²) >= 11 is 0. The van der Waals surface area contributed by atoms with Crippen molar-refractivity contribution >= 4 is 5.82 Å². The molecule has 0 atom stereocenters. The summed E-state index contributed by atoms with van der Waals surface area (Å²) in [5.74, 6) is 1.54. The third-order valence-corrected chi connectivity index (χ3v) is 1.59. The van der Waals surface area contributed by atoms with E-state index in [1.807, 2.05) is 6.07 Å². The van der Waals surface area contributed by atoms with Gasteiger partial charge in [0, 0.05) is 0 Å². The van der Waals surface area contributed by atoms with Crippen molar-refractivity contribution in [3.8, 4) is 5.88 Å². The first kappa shape index (κ1) is 8.55. The Labute approximate surface area is 80.5 Å². The number of hydrogen-bond acceptors (Lipinski definition) is 5. The molecule has 0 amide bonds. The predicted molar refractivity (Wildman–Crippen MR) is 49.5 cm³/mol. The first-order valence-corrected chi connectivity index (χ1v) is 4.07. The van der Waals surface area contributed by atoms with Crippen molar-refractivity contribution < 1.29 is 9.15 Å². The van der Waals surface area contributed by atoms with E-state index in [9.17, 15) is 0 Å². The van der Waals surface area contributed by atoms with Gasteiger partial charge in [0.1, 0.15) is 18.2 Å². The second kappa shape index (κ2) is 3.78. The van der Waals surface area contributed by atoms with Gasteiger partial charge in [-0.2, -0.15) is 0 Å². The van der Waals surface area contributed by atoms with Gasteiger partial charge in [-0.05, 0) is 12.1 Å². The lowest BCUT2D eigenvalue weighted by atomic mass is 10.5. The van der Waals surface area contributed by atoms with Crippen LogP contribution in [0.3, 0.4) is 0 Å². The molecule has 0 saturated heterocycles. The Kier molecular flexibility index (Phi) is 2.31. The quantitative estimate of drug-likeness (QED) is 0.789. The van der Waals surface area contributed by atoms with Gasteiger partial charge in [0.25, 0.3) is 0 Å². The molecule has 0 unspecified atom stereocenters. The zero-order valence-electron chi connectivity index (χ0n) is 7.38. The van der Waals surface area contributed by atoms with Crippen LogP contribution in [0.1, 0.15) is 5.76 Å². The maximum absolute atomic E-state index is 5.37. The van der Waals surface area contributed by atoms with Crippen LogP contribution in [-0.4, -0.2) is 9.97 Å². The Morgan fingerprint density at radius 1 is 1.36 bits per heavy atom. The van der Waals surface area contributed by atoms with Crippen molar-refractivity contribution in [2.45, 2.75) is 6.61 Å². The van der Waals surface area contributed by atoms with Gasteiger partial charge in [0.15, 0.2) is 0 Å². The highest BCUT2D eigenvalue weighted by Crippen LogP contribution is 2.08. The largest absolute Gasteiger partial charge is 0.468 e. The second-order valence-corrected chi connectivity index (χ2v) is 2.65. The summed E-state index contributed by atoms with van der Waals surface area (Å²) in [6.45, 7) is 0.339. The van der Waals surface area contributed by atoms with E-state index < -0.39 is 0 Å². The van der Waals surface area contributed by atoms with Crippen LogP contribution < -0.4 is 10.5 Å². The highest BCUT2D eigenvalue weighted by Gasteiger charge is 1.98. The van der Waals surface area contributed by atoms with Gasteiger partial charge in [0.05, 0.1) is 18.7 Å². The molecule has 0 spiro atoms. The SMILES string of the molecule is Nc1cnc(OCc2ccco2)cn1. The zero-order chi connectivity index (χ0) is 9.80. The van der Waals surface area contributed by atoms with Gasteiger partial charge in [-0.25, -0.2) is 9.97 Å². The molecular formula is C9H9N3O2. The molecule has 2 heterocycles. The van der Waals surface area contributed by atoms with Crippen molar-refractivity contribution in [2.75, 3.05) is 5.73 Å². The molecule has 2 aromatic heterocycles. The number of ether oxygens (including phenoxy) is 1. The lowest BCUT2D eigenvalue weighted by Crippen LogP contribution is -1.98. The van der Waals surface area contributed by atoms with Crippen LogP contribution in [0.15, 0.2) is 35.2 Å². The minimum atomic E-state index is 0.339. The average molecular weight is 191 g/mol. The number of aromatic nitrogens is 2. The molecule has 0 saturated carbocycles. The van der Waals surface area contributed by atoms with Crippen molar-refractivity contribution in [1.82, 2.24) is 9.97 Å². The zero-order valence-corrected chi connectivity index (χ0v) is 7.38. The first-order valence-electron chi connectivity index (χ1n) is 4.07. The van der Waals surface area contributed by atoms with Crippen molar-refractivity contribution in [1.29, 1.82) is 0 Å². The average Bonchev–Trinajstić information content (AvgIpc) is 2.70. The highest BCUT2D eigenvalue weighted by molar-refractivity contribution is 5.24. The third kappa shape index (κ3) is 2.01. The highest BCUT2D eigenvalue weighted by atomic mass is 16.5. The van der Waals surface area contributed by atoms with E-state index in [1.54, 1.807) is 12.3 Å². The summed E-state index contributed by atoms with van der Waals surface area (Å²) < 4.78 is 10.4. The Hall–Kier alpha value is -2.04. The molecule has 5 nitrogen and oxygen atoms in total. The fourth-order valence-corrected chi connectivity index (χ4v) is 0.940. The van der Waals surface area contributed by atoms with Crippen LogP contribution in [0.25, 0.3) is 0 Å². The fraction of sp³-hybridized carbons (Fsp3) is 0.111. The molecular weight excluding hydrogens is 182 g/mol. The summed E-state index contributed by atoms with van der Waals surface area (Å²) in [4.78, 5) is 7.77. The minimum absolute atomic E-state index is 0.339. The Morgan fingerprint density at radius 3 is 2.93 bits per heavy atom. The molecule has 0 aliphatic heterocycles. The summed E-state index contributed by atoms with van der Waals surface area (Å²) in [7, 11) is 0. The normalized spacial score (nSPS) is 10.0. The van der Waals surface area contributed by atoms with Crippen molar-refractivity contribution in [3.05, 3.63) is 36.5 Å². The van der Waals surface area contributed by atoms with Crippen LogP contribution >= 0.6 is 0 Å². The molecule has 0 fully saturated rings. The van der Waals surface area contributed by atoms with Crippen LogP contribution in [0.4, 0.5) is 5.82 Å². The summed E-state index contributed by atoms with van der Waals surface area (Å²) in [6, 6.07) is 3.62. The van der Waals surface area contributed by atoms with Crippen LogP contribution in [0, 0.1) is 0 Å². The molecule has 0 aliphatic carbocycles. The van der Waals surface area contributed by atoms with E-state index in [-0.39, 0.29) is 0 Å². The Morgan fingerprint density at radius 2 is 2.29 bits per heavy atom. The van der Waals surface area contributed by atoms with Crippen LogP contribution in [0.5, 0.6) is 5.88 Å². The maximum atomic E-state index is 5.37. The maximum Gasteiger partial charge on any atom is 0.232 e. The number of nitrogens with zero attached hydrogens (tertiary/aromatic N) is 2. The predicted octanol–water partition coefficient (Wildman–Crippen LogP) is 1.23. The van der Waals surface area contributed by atoms with Gasteiger partial charge < -0.3 is 14.9 Å². The van der Waals surface area contributed by atoms with Crippen LogP contribution in [0.2, 0.25) is 0 Å². The summed E-state index contributed by atoms with van der Waals surface area (Å²) in [6.07, 6.45) is 4.50. The molecule has 0 radical (unpaired) electrons. The molecule has 0 aromatic carbocycles. The van der Waals surface area contributed by atoms with Crippen LogP contribution in [-0.2, 0) is 6.61 Å². The topological polar surface area (TPSA) is 74.2 Å². The smallest absolute Gasteiger partial charge is 0.232 e. The van der Waals surface area contributed by atoms with Gasteiger partial charge in [-0.1, -0.05) is 0 Å². The minimum Gasteiger partial charge on any atom is -0.468 e. The van der Waals surface area contributed by atoms with Gasteiger partial charge >= 0.3 is 0 Å². The number of nitrogen functional groups attached to an aromatic ring is 1. The Bertz CT molecular complexity index is 383. The second-order valence-electron chi connectivity index (χ2n) is 2.65. The Balaban J connectivity index is 1.95. The number of nitrogens with two attached hydrogens (primary N) is 1. The van der Waals surface area contributed by atoms with Crippen molar-refractivity contribution in [3.63, 3.8) is 0 Å². The van der Waals surface area contributed by atoms with Gasteiger partial charge in [-0.15, -0.1) is 0 Å². The molecule has 2 N–H and O–H groups in total. The molecule has 2 rings (SSSR count). The van der Waals surface area contributed by atoms with E-state index in [1.165, 1.54) is 12.4 Å². The third-order valence-electron chi connectivity index (χ3n) is 1.59. The molecule has 0 bridgehead atoms.